The Kier molecular flexibility index (Phi) is 4.37. The molecule has 5 nitrogen and oxygen atoms in total. The molecule has 0 bridgehead atoms. The number of rotatable bonds is 6. The van der Waals surface area contributed by atoms with E-state index in [0.717, 1.165) is 31.6 Å². The summed E-state index contributed by atoms with van der Waals surface area (Å²) in [5, 5.41) is 12.1. The molecular weight excluding hydrogens is 252 g/mol. The Morgan fingerprint density at radius 3 is 3.00 bits per heavy atom. The predicted octanol–water partition coefficient (Wildman–Crippen LogP) is 1.53. The normalized spacial score (nSPS) is 30.4. The van der Waals surface area contributed by atoms with Gasteiger partial charge in [0.2, 0.25) is 0 Å². The molecule has 2 rings (SSSR count). The number of unbranched alkanes of at least 4 members (excludes halogenated alkanes) is 1. The van der Waals surface area contributed by atoms with Gasteiger partial charge in [0.1, 0.15) is 0 Å². The van der Waals surface area contributed by atoms with E-state index < -0.39 is 5.97 Å². The van der Waals surface area contributed by atoms with Gasteiger partial charge in [-0.15, -0.1) is 0 Å². The van der Waals surface area contributed by atoms with E-state index in [4.69, 9.17) is 5.11 Å². The number of carboxylic acids is 1. The van der Waals surface area contributed by atoms with E-state index in [1.807, 2.05) is 23.6 Å². The summed E-state index contributed by atoms with van der Waals surface area (Å²) in [6, 6.07) is 0.646. The van der Waals surface area contributed by atoms with Gasteiger partial charge < -0.3 is 15.3 Å². The van der Waals surface area contributed by atoms with Crippen molar-refractivity contribution in [2.75, 3.05) is 12.3 Å². The van der Waals surface area contributed by atoms with Crippen molar-refractivity contribution >= 4 is 23.8 Å². The molecule has 0 spiro atoms. The molecule has 18 heavy (non-hydrogen) atoms. The van der Waals surface area contributed by atoms with Crippen molar-refractivity contribution in [3.63, 3.8) is 0 Å². The van der Waals surface area contributed by atoms with Crippen molar-refractivity contribution < 1.29 is 14.7 Å². The van der Waals surface area contributed by atoms with E-state index >= 15 is 0 Å². The summed E-state index contributed by atoms with van der Waals surface area (Å²) in [6.07, 6.45) is 2.92. The minimum Gasteiger partial charge on any atom is -0.481 e. The maximum atomic E-state index is 11.7. The number of carbonyl (C=O) groups is 2. The van der Waals surface area contributed by atoms with Gasteiger partial charge in [0.05, 0.1) is 12.1 Å². The SMILES string of the molecule is CCN1C(=O)NC2CS[C@@H](CCCCC(=O)O)C21. The topological polar surface area (TPSA) is 69.6 Å². The average molecular weight is 272 g/mol. The Labute approximate surface area is 111 Å². The van der Waals surface area contributed by atoms with Crippen molar-refractivity contribution in [2.24, 2.45) is 0 Å². The lowest BCUT2D eigenvalue weighted by Gasteiger charge is -2.26. The molecule has 2 heterocycles. The third kappa shape index (κ3) is 2.74. The summed E-state index contributed by atoms with van der Waals surface area (Å²) in [4.78, 5) is 24.1. The summed E-state index contributed by atoms with van der Waals surface area (Å²) in [5.41, 5.74) is 0. The highest BCUT2D eigenvalue weighted by atomic mass is 32.2. The van der Waals surface area contributed by atoms with Crippen LogP contribution in [0.2, 0.25) is 0 Å². The van der Waals surface area contributed by atoms with Crippen molar-refractivity contribution in [3.8, 4) is 0 Å². The number of carbonyl (C=O) groups excluding carboxylic acids is 1. The van der Waals surface area contributed by atoms with Crippen LogP contribution in [0.5, 0.6) is 0 Å². The van der Waals surface area contributed by atoms with Gasteiger partial charge in [0.15, 0.2) is 0 Å². The molecule has 2 saturated heterocycles. The predicted molar refractivity (Wildman–Crippen MR) is 70.8 cm³/mol. The van der Waals surface area contributed by atoms with E-state index in [9.17, 15) is 9.59 Å². The van der Waals surface area contributed by atoms with Crippen LogP contribution in [0.25, 0.3) is 0 Å². The molecule has 0 aromatic rings. The molecule has 2 N–H and O–H groups in total. The van der Waals surface area contributed by atoms with Crippen LogP contribution in [0.3, 0.4) is 0 Å². The molecule has 2 fully saturated rings. The number of likely N-dealkylation sites (N-methyl/N-ethyl adjacent to an activating group) is 1. The second-order valence-corrected chi connectivity index (χ2v) is 6.12. The molecule has 0 saturated carbocycles. The molecule has 2 amide bonds. The molecule has 102 valence electrons. The maximum absolute atomic E-state index is 11.7. The number of nitrogens with zero attached hydrogens (tertiary/aromatic N) is 1. The van der Waals surface area contributed by atoms with Crippen LogP contribution < -0.4 is 5.32 Å². The van der Waals surface area contributed by atoms with E-state index in [2.05, 4.69) is 5.32 Å². The Balaban J connectivity index is 1.83. The highest BCUT2D eigenvalue weighted by Crippen LogP contribution is 2.37. The summed E-state index contributed by atoms with van der Waals surface area (Å²) in [7, 11) is 0. The van der Waals surface area contributed by atoms with Crippen molar-refractivity contribution in [3.05, 3.63) is 0 Å². The van der Waals surface area contributed by atoms with Gasteiger partial charge in [-0.05, 0) is 19.8 Å². The Hall–Kier alpha value is -0.910. The van der Waals surface area contributed by atoms with Crippen LogP contribution >= 0.6 is 11.8 Å². The Morgan fingerprint density at radius 2 is 2.33 bits per heavy atom. The quantitative estimate of drug-likeness (QED) is 0.568. The maximum Gasteiger partial charge on any atom is 0.318 e. The minimum atomic E-state index is -0.722. The monoisotopic (exact) mass is 272 g/mol. The van der Waals surface area contributed by atoms with Crippen LogP contribution in [-0.4, -0.2) is 51.6 Å². The van der Waals surface area contributed by atoms with Crippen molar-refractivity contribution in [1.82, 2.24) is 10.2 Å². The van der Waals surface area contributed by atoms with Crippen molar-refractivity contribution in [1.29, 1.82) is 0 Å². The second-order valence-electron chi connectivity index (χ2n) is 4.84. The highest BCUT2D eigenvalue weighted by Gasteiger charge is 2.47. The fourth-order valence-electron chi connectivity index (χ4n) is 2.84. The highest BCUT2D eigenvalue weighted by molar-refractivity contribution is 8.00. The van der Waals surface area contributed by atoms with Crippen LogP contribution in [0.15, 0.2) is 0 Å². The summed E-state index contributed by atoms with van der Waals surface area (Å²) in [5.74, 6) is 0.260. The number of urea groups is 1. The lowest BCUT2D eigenvalue weighted by atomic mass is 10.0. The molecule has 0 aromatic heterocycles. The first-order chi connectivity index (χ1) is 8.63. The summed E-state index contributed by atoms with van der Waals surface area (Å²) in [6.45, 7) is 2.76. The Morgan fingerprint density at radius 1 is 1.56 bits per heavy atom. The zero-order valence-electron chi connectivity index (χ0n) is 10.6. The van der Waals surface area contributed by atoms with Crippen LogP contribution in [0, 0.1) is 0 Å². The second kappa shape index (κ2) is 5.82. The third-order valence-electron chi connectivity index (χ3n) is 3.68. The number of fused-ring (bicyclic) bond motifs is 1. The van der Waals surface area contributed by atoms with Crippen LogP contribution in [-0.2, 0) is 4.79 Å². The molecular formula is C12H20N2O3S. The van der Waals surface area contributed by atoms with Gasteiger partial charge in [-0.25, -0.2) is 4.79 Å². The van der Waals surface area contributed by atoms with Gasteiger partial charge >= 0.3 is 12.0 Å². The van der Waals surface area contributed by atoms with Crippen LogP contribution in [0.4, 0.5) is 4.79 Å². The number of thioether (sulfide) groups is 1. The average Bonchev–Trinajstić information content (AvgIpc) is 2.82. The number of hydrogen-bond acceptors (Lipinski definition) is 3. The lowest BCUT2D eigenvalue weighted by molar-refractivity contribution is -0.137. The van der Waals surface area contributed by atoms with Gasteiger partial charge in [-0.2, -0.15) is 11.8 Å². The molecule has 0 aromatic carbocycles. The number of amides is 2. The molecule has 0 radical (unpaired) electrons. The summed E-state index contributed by atoms with van der Waals surface area (Å²) >= 11 is 1.91. The van der Waals surface area contributed by atoms with Crippen LogP contribution in [0.1, 0.15) is 32.6 Å². The zero-order chi connectivity index (χ0) is 13.1. The van der Waals surface area contributed by atoms with E-state index in [-0.39, 0.29) is 18.5 Å². The molecule has 2 unspecified atom stereocenters. The summed E-state index contributed by atoms with van der Waals surface area (Å²) < 4.78 is 0. The van der Waals surface area contributed by atoms with E-state index in [1.54, 1.807) is 0 Å². The van der Waals surface area contributed by atoms with Gasteiger partial charge in [0, 0.05) is 24.0 Å². The largest absolute Gasteiger partial charge is 0.481 e. The first kappa shape index (κ1) is 13.5. The van der Waals surface area contributed by atoms with Gasteiger partial charge in [-0.1, -0.05) is 6.42 Å². The fourth-order valence-corrected chi connectivity index (χ4v) is 4.44. The number of nitrogens with one attached hydrogen (secondary N) is 1. The number of carboxylic acid groups (broad SMARTS) is 1. The number of hydrogen-bond donors (Lipinski definition) is 2. The Bertz CT molecular complexity index is 337. The molecule has 2 aliphatic heterocycles. The van der Waals surface area contributed by atoms with Gasteiger partial charge in [0.25, 0.3) is 0 Å². The molecule has 6 heteroatoms. The first-order valence-corrected chi connectivity index (χ1v) is 7.59. The molecule has 3 atom stereocenters. The first-order valence-electron chi connectivity index (χ1n) is 6.54. The standard InChI is InChI=1S/C12H20N2O3S/c1-2-14-11-8(13-12(14)17)7-18-9(11)5-3-4-6-10(15)16/h8-9,11H,2-7H2,1H3,(H,13,17)(H,15,16)/t8?,9-,11?/m0/s1. The van der Waals surface area contributed by atoms with Crippen molar-refractivity contribution in [2.45, 2.75) is 49.9 Å². The molecule has 2 aliphatic rings. The third-order valence-corrected chi connectivity index (χ3v) is 5.18. The van der Waals surface area contributed by atoms with E-state index in [0.29, 0.717) is 11.3 Å². The fraction of sp³-hybridized carbons (Fsp3) is 0.833. The van der Waals surface area contributed by atoms with E-state index in [1.165, 1.54) is 0 Å². The minimum absolute atomic E-state index is 0.0586. The van der Waals surface area contributed by atoms with Gasteiger partial charge in [-0.3, -0.25) is 4.79 Å². The number of aliphatic carboxylic acids is 1. The lowest BCUT2D eigenvalue weighted by Crippen LogP contribution is -2.40. The smallest absolute Gasteiger partial charge is 0.318 e. The molecule has 0 aliphatic carbocycles. The zero-order valence-corrected chi connectivity index (χ0v) is 11.4.